The van der Waals surface area contributed by atoms with Crippen LogP contribution in [0.3, 0.4) is 0 Å². The molecule has 1 saturated heterocycles. The quantitative estimate of drug-likeness (QED) is 0.336. The second kappa shape index (κ2) is 11.8. The summed E-state index contributed by atoms with van der Waals surface area (Å²) in [5.74, 6) is -2.95. The highest BCUT2D eigenvalue weighted by Crippen LogP contribution is 2.40. The summed E-state index contributed by atoms with van der Waals surface area (Å²) in [7, 11) is 0. The summed E-state index contributed by atoms with van der Waals surface area (Å²) in [6.45, 7) is 0.240. The van der Waals surface area contributed by atoms with Crippen molar-refractivity contribution in [2.24, 2.45) is 5.92 Å². The zero-order valence-corrected chi connectivity index (χ0v) is 19.8. The molecule has 0 aliphatic carbocycles. The van der Waals surface area contributed by atoms with Crippen molar-refractivity contribution in [1.29, 1.82) is 0 Å². The molecule has 3 nitrogen and oxygen atoms in total. The maximum absolute atomic E-state index is 13.6. The van der Waals surface area contributed by atoms with E-state index in [1.807, 2.05) is 0 Å². The third-order valence-corrected chi connectivity index (χ3v) is 6.76. The van der Waals surface area contributed by atoms with E-state index in [-0.39, 0.29) is 50.1 Å². The van der Waals surface area contributed by atoms with Gasteiger partial charge in [-0.2, -0.15) is 26.3 Å². The third-order valence-electron chi connectivity index (χ3n) is 6.76. The van der Waals surface area contributed by atoms with Crippen LogP contribution in [0.4, 0.5) is 35.1 Å². The molecule has 0 bridgehead atoms. The molecule has 1 fully saturated rings. The number of carboxylic acid groups (broad SMARTS) is 1. The van der Waals surface area contributed by atoms with Gasteiger partial charge in [0.05, 0.1) is 5.56 Å². The maximum atomic E-state index is 13.6. The van der Waals surface area contributed by atoms with Gasteiger partial charge in [-0.1, -0.05) is 12.1 Å². The smallest absolute Gasteiger partial charge is 0.416 e. The lowest BCUT2D eigenvalue weighted by Gasteiger charge is -2.44. The number of rotatable bonds is 9. The van der Waals surface area contributed by atoms with Gasteiger partial charge in [0.15, 0.2) is 0 Å². The van der Waals surface area contributed by atoms with Gasteiger partial charge in [-0.15, -0.1) is 0 Å². The van der Waals surface area contributed by atoms with Crippen molar-refractivity contribution in [3.05, 3.63) is 70.8 Å². The summed E-state index contributed by atoms with van der Waals surface area (Å²) >= 11 is 0. The van der Waals surface area contributed by atoms with E-state index in [9.17, 15) is 45.0 Å². The second-order valence-corrected chi connectivity index (χ2v) is 9.49. The molecule has 2 aromatic rings. The molecule has 0 aromatic heterocycles. The van der Waals surface area contributed by atoms with Crippen molar-refractivity contribution < 1.29 is 45.0 Å². The molecule has 3 atom stereocenters. The molecule has 37 heavy (non-hydrogen) atoms. The minimum atomic E-state index is -4.56. The van der Waals surface area contributed by atoms with Crippen LogP contribution >= 0.6 is 0 Å². The number of aliphatic carboxylic acids is 1. The second-order valence-electron chi connectivity index (χ2n) is 9.49. The molecule has 0 saturated carbocycles. The molecule has 2 unspecified atom stereocenters. The van der Waals surface area contributed by atoms with E-state index in [0.717, 1.165) is 24.3 Å². The Morgan fingerprint density at radius 2 is 1.59 bits per heavy atom. The summed E-state index contributed by atoms with van der Waals surface area (Å²) in [4.78, 5) is 13.1. The average Bonchev–Trinajstić information content (AvgIpc) is 2.77. The summed E-state index contributed by atoms with van der Waals surface area (Å²) in [5.41, 5.74) is -0.152. The van der Waals surface area contributed by atoms with Crippen molar-refractivity contribution in [3.63, 3.8) is 0 Å². The molecule has 1 aliphatic rings. The Morgan fingerprint density at radius 3 is 2.14 bits per heavy atom. The Kier molecular flexibility index (Phi) is 9.20. The number of carbonyl (C=O) groups is 1. The minimum absolute atomic E-state index is 0.0893. The van der Waals surface area contributed by atoms with Crippen molar-refractivity contribution in [2.45, 2.75) is 69.4 Å². The molecule has 204 valence electrons. The van der Waals surface area contributed by atoms with Gasteiger partial charge >= 0.3 is 18.3 Å². The molecular formula is C26H27F8NO2. The van der Waals surface area contributed by atoms with Crippen molar-refractivity contribution in [1.82, 2.24) is 4.90 Å². The zero-order chi connectivity index (χ0) is 27.4. The molecule has 1 N–H and O–H groups in total. The van der Waals surface area contributed by atoms with Crippen LogP contribution in [0, 0.1) is 17.6 Å². The van der Waals surface area contributed by atoms with Gasteiger partial charge in [-0.25, -0.2) is 8.78 Å². The van der Waals surface area contributed by atoms with Crippen LogP contribution in [0.15, 0.2) is 42.5 Å². The van der Waals surface area contributed by atoms with Crippen molar-refractivity contribution >= 4 is 5.97 Å². The Labute approximate surface area is 209 Å². The molecule has 2 aromatic carbocycles. The average molecular weight is 537 g/mol. The van der Waals surface area contributed by atoms with Crippen LogP contribution in [-0.4, -0.2) is 34.7 Å². The number of hydrogen-bond acceptors (Lipinski definition) is 2. The minimum Gasteiger partial charge on any atom is -0.481 e. The van der Waals surface area contributed by atoms with Gasteiger partial charge in [0, 0.05) is 31.0 Å². The summed E-state index contributed by atoms with van der Waals surface area (Å²) in [6.07, 6.45) is -9.76. The Bertz CT molecular complexity index is 1030. The van der Waals surface area contributed by atoms with E-state index in [4.69, 9.17) is 0 Å². The first-order valence-corrected chi connectivity index (χ1v) is 11.9. The number of benzene rings is 2. The Hall–Kier alpha value is -2.69. The number of carboxylic acids is 1. The highest BCUT2D eigenvalue weighted by molar-refractivity contribution is 5.67. The summed E-state index contributed by atoms with van der Waals surface area (Å²) in [5, 5.41) is 9.23. The van der Waals surface area contributed by atoms with E-state index in [0.29, 0.717) is 18.1 Å². The van der Waals surface area contributed by atoms with Crippen LogP contribution in [0.1, 0.15) is 61.3 Å². The molecule has 0 radical (unpaired) electrons. The Balaban J connectivity index is 1.90. The number of likely N-dealkylation sites (tertiary alicyclic amines) is 1. The molecule has 0 amide bonds. The number of aryl methyl sites for hydroxylation is 1. The first-order chi connectivity index (χ1) is 17.2. The molecule has 11 heteroatoms. The van der Waals surface area contributed by atoms with E-state index in [1.54, 1.807) is 4.90 Å². The fourth-order valence-corrected chi connectivity index (χ4v) is 5.04. The number of nitrogens with zero attached hydrogens (tertiary/aromatic N) is 1. The SMILES string of the molecule is O=C(O)CC1CCN([C@H](CCc2cc(F)cc(F)c2)CCC(F)(F)F)C(c2ccc(C(F)(F)F)cc2)C1. The highest BCUT2D eigenvalue weighted by atomic mass is 19.4. The lowest BCUT2D eigenvalue weighted by Crippen LogP contribution is -2.44. The summed E-state index contributed by atoms with van der Waals surface area (Å²) < 4.78 is 106. The normalized spacial score (nSPS) is 20.1. The van der Waals surface area contributed by atoms with Crippen LogP contribution in [0.25, 0.3) is 0 Å². The van der Waals surface area contributed by atoms with Crippen LogP contribution < -0.4 is 0 Å². The van der Waals surface area contributed by atoms with Gasteiger partial charge in [0.25, 0.3) is 0 Å². The predicted molar refractivity (Wildman–Crippen MR) is 120 cm³/mol. The summed E-state index contributed by atoms with van der Waals surface area (Å²) in [6, 6.07) is 5.93. The van der Waals surface area contributed by atoms with Crippen LogP contribution in [0.5, 0.6) is 0 Å². The maximum Gasteiger partial charge on any atom is 0.416 e. The predicted octanol–water partition coefficient (Wildman–Crippen LogP) is 7.56. The van der Waals surface area contributed by atoms with Crippen molar-refractivity contribution in [3.8, 4) is 0 Å². The topological polar surface area (TPSA) is 40.5 Å². The number of piperidine rings is 1. The third kappa shape index (κ3) is 8.69. The standard InChI is InChI=1S/C26H27F8NO2/c27-20-11-16(12-21(28)15-20)1-6-22(7-9-25(29,30)31)35-10-8-17(14-24(36)37)13-23(35)18-2-4-19(5-3-18)26(32,33)34/h2-5,11-12,15,17,22-23H,1,6-10,13-14H2,(H,36,37)/t17?,22-,23?/m1/s1. The fraction of sp³-hybridized carbons (Fsp3) is 0.500. The van der Waals surface area contributed by atoms with Gasteiger partial charge in [-0.05, 0) is 80.0 Å². The van der Waals surface area contributed by atoms with Gasteiger partial charge in [0.1, 0.15) is 11.6 Å². The van der Waals surface area contributed by atoms with Crippen LogP contribution in [-0.2, 0) is 17.4 Å². The zero-order valence-electron chi connectivity index (χ0n) is 19.8. The molecule has 0 spiro atoms. The number of hydrogen-bond donors (Lipinski definition) is 1. The lowest BCUT2D eigenvalue weighted by molar-refractivity contribution is -0.141. The molecule has 3 rings (SSSR count). The van der Waals surface area contributed by atoms with Gasteiger partial charge in [0.2, 0.25) is 0 Å². The fourth-order valence-electron chi connectivity index (χ4n) is 5.04. The molecule has 1 aliphatic heterocycles. The molecular weight excluding hydrogens is 510 g/mol. The lowest BCUT2D eigenvalue weighted by atomic mass is 9.83. The monoisotopic (exact) mass is 537 g/mol. The Morgan fingerprint density at radius 1 is 0.973 bits per heavy atom. The van der Waals surface area contributed by atoms with Crippen molar-refractivity contribution in [2.75, 3.05) is 6.54 Å². The number of alkyl halides is 6. The number of halogens is 8. The highest BCUT2D eigenvalue weighted by Gasteiger charge is 2.37. The van der Waals surface area contributed by atoms with E-state index in [1.165, 1.54) is 12.1 Å². The van der Waals surface area contributed by atoms with Gasteiger partial charge in [-0.3, -0.25) is 9.69 Å². The van der Waals surface area contributed by atoms with E-state index < -0.39 is 54.0 Å². The first-order valence-electron chi connectivity index (χ1n) is 11.9. The van der Waals surface area contributed by atoms with Gasteiger partial charge < -0.3 is 5.11 Å². The molecule has 1 heterocycles. The first kappa shape index (κ1) is 28.9. The largest absolute Gasteiger partial charge is 0.481 e. The van der Waals surface area contributed by atoms with Crippen LogP contribution in [0.2, 0.25) is 0 Å². The van der Waals surface area contributed by atoms with E-state index >= 15 is 0 Å². The van der Waals surface area contributed by atoms with E-state index in [2.05, 4.69) is 0 Å².